The van der Waals surface area contributed by atoms with Crippen molar-refractivity contribution in [3.05, 3.63) is 36.4 Å². The number of ether oxygens (including phenoxy) is 2. The molecule has 0 amide bonds. The third-order valence-electron chi connectivity index (χ3n) is 2.42. The summed E-state index contributed by atoms with van der Waals surface area (Å²) in [6, 6.07) is 5.71. The topological polar surface area (TPSA) is 64.7 Å². The molecular weight excluding hydrogens is 230 g/mol. The summed E-state index contributed by atoms with van der Waals surface area (Å²) in [6.45, 7) is 6.53. The lowest BCUT2D eigenvalue weighted by Crippen LogP contribution is -2.26. The Morgan fingerprint density at radius 1 is 1.44 bits per heavy atom. The van der Waals surface area contributed by atoms with Crippen molar-refractivity contribution in [3.8, 4) is 11.5 Å². The summed E-state index contributed by atoms with van der Waals surface area (Å²) in [5, 5.41) is 9.45. The minimum atomic E-state index is -0.670. The number of allylic oxidation sites excluding steroid dienone is 1. The highest BCUT2D eigenvalue weighted by Crippen LogP contribution is 2.32. The van der Waals surface area contributed by atoms with Gasteiger partial charge < -0.3 is 20.3 Å². The van der Waals surface area contributed by atoms with E-state index in [-0.39, 0.29) is 13.2 Å². The van der Waals surface area contributed by atoms with Crippen LogP contribution in [0.5, 0.6) is 11.5 Å². The van der Waals surface area contributed by atoms with Gasteiger partial charge in [-0.3, -0.25) is 0 Å². The number of rotatable bonds is 8. The fourth-order valence-electron chi connectivity index (χ4n) is 1.56. The van der Waals surface area contributed by atoms with Crippen molar-refractivity contribution in [2.45, 2.75) is 19.4 Å². The molecule has 0 fully saturated rings. The molecule has 1 unspecified atom stereocenters. The Morgan fingerprint density at radius 2 is 2.22 bits per heavy atom. The average Bonchev–Trinajstić information content (AvgIpc) is 2.38. The van der Waals surface area contributed by atoms with Crippen LogP contribution in [0.15, 0.2) is 30.9 Å². The number of hydrogen-bond acceptors (Lipinski definition) is 4. The molecule has 0 spiro atoms. The first-order chi connectivity index (χ1) is 8.72. The van der Waals surface area contributed by atoms with E-state index in [9.17, 15) is 5.11 Å². The van der Waals surface area contributed by atoms with Gasteiger partial charge in [0.1, 0.15) is 12.7 Å². The lowest BCUT2D eigenvalue weighted by Gasteiger charge is -2.17. The number of aliphatic hydroxyl groups excluding tert-OH is 1. The highest BCUT2D eigenvalue weighted by atomic mass is 16.5. The van der Waals surface area contributed by atoms with Crippen LogP contribution in [0.25, 0.3) is 0 Å². The fraction of sp³-hybridized carbons (Fsp3) is 0.429. The molecule has 0 aliphatic heterocycles. The summed E-state index contributed by atoms with van der Waals surface area (Å²) in [5.41, 5.74) is 6.34. The first-order valence-electron chi connectivity index (χ1n) is 6.09. The number of hydrogen-bond donors (Lipinski definition) is 2. The van der Waals surface area contributed by atoms with E-state index >= 15 is 0 Å². The van der Waals surface area contributed by atoms with E-state index in [2.05, 4.69) is 6.58 Å². The van der Waals surface area contributed by atoms with Gasteiger partial charge in [0.15, 0.2) is 11.5 Å². The van der Waals surface area contributed by atoms with Crippen LogP contribution in [0.4, 0.5) is 0 Å². The third-order valence-corrected chi connectivity index (χ3v) is 2.42. The largest absolute Gasteiger partial charge is 0.490 e. The molecule has 0 radical (unpaired) electrons. The third kappa shape index (κ3) is 4.05. The maximum atomic E-state index is 9.45. The van der Waals surface area contributed by atoms with E-state index in [0.29, 0.717) is 24.5 Å². The molecule has 0 heterocycles. The molecule has 0 aliphatic carbocycles. The van der Waals surface area contributed by atoms with Crippen LogP contribution >= 0.6 is 0 Å². The molecule has 1 atom stereocenters. The van der Waals surface area contributed by atoms with Crippen molar-refractivity contribution in [1.82, 2.24) is 0 Å². The predicted octanol–water partition coefficient (Wildman–Crippen LogP) is 1.51. The minimum absolute atomic E-state index is 0.157. The van der Waals surface area contributed by atoms with Gasteiger partial charge in [-0.05, 0) is 19.4 Å². The Balaban J connectivity index is 2.90. The second-order valence-electron chi connectivity index (χ2n) is 3.87. The lowest BCUT2D eigenvalue weighted by molar-refractivity contribution is 0.111. The molecular formula is C14H21NO3. The summed E-state index contributed by atoms with van der Waals surface area (Å²) >= 11 is 0. The number of para-hydroxylation sites is 1. The van der Waals surface area contributed by atoms with Crippen molar-refractivity contribution < 1.29 is 14.6 Å². The Bertz CT molecular complexity index is 379. The van der Waals surface area contributed by atoms with Crippen molar-refractivity contribution >= 4 is 0 Å². The Kier molecular flexibility index (Phi) is 6.25. The van der Waals surface area contributed by atoms with Crippen molar-refractivity contribution in [3.63, 3.8) is 0 Å². The average molecular weight is 251 g/mol. The first kappa shape index (κ1) is 14.5. The maximum absolute atomic E-state index is 9.45. The number of benzene rings is 1. The minimum Gasteiger partial charge on any atom is -0.490 e. The van der Waals surface area contributed by atoms with Gasteiger partial charge in [0.2, 0.25) is 0 Å². The molecule has 3 N–H and O–H groups in total. The first-order valence-corrected chi connectivity index (χ1v) is 6.09. The van der Waals surface area contributed by atoms with Gasteiger partial charge >= 0.3 is 0 Å². The second kappa shape index (κ2) is 7.74. The molecule has 0 saturated carbocycles. The molecule has 0 aliphatic rings. The van der Waals surface area contributed by atoms with E-state index in [1.165, 1.54) is 0 Å². The van der Waals surface area contributed by atoms with Crippen molar-refractivity contribution in [2.75, 3.05) is 19.8 Å². The second-order valence-corrected chi connectivity index (χ2v) is 3.87. The molecule has 4 heteroatoms. The maximum Gasteiger partial charge on any atom is 0.164 e. The normalized spacial score (nSPS) is 11.9. The molecule has 0 aromatic heterocycles. The van der Waals surface area contributed by atoms with Crippen molar-refractivity contribution in [2.24, 2.45) is 5.73 Å². The van der Waals surface area contributed by atoms with E-state index < -0.39 is 6.10 Å². The highest BCUT2D eigenvalue weighted by Gasteiger charge is 2.12. The Morgan fingerprint density at radius 3 is 2.83 bits per heavy atom. The van der Waals surface area contributed by atoms with E-state index in [1.54, 1.807) is 6.08 Å². The predicted molar refractivity (Wildman–Crippen MR) is 72.1 cm³/mol. The smallest absolute Gasteiger partial charge is 0.164 e. The molecule has 0 bridgehead atoms. The fourth-order valence-corrected chi connectivity index (χ4v) is 1.56. The summed E-state index contributed by atoms with van der Waals surface area (Å²) in [7, 11) is 0. The van der Waals surface area contributed by atoms with Gasteiger partial charge in [0, 0.05) is 12.1 Å². The molecule has 18 heavy (non-hydrogen) atoms. The summed E-state index contributed by atoms with van der Waals surface area (Å²) in [4.78, 5) is 0. The number of aliphatic hydroxyl groups is 1. The highest BCUT2D eigenvalue weighted by molar-refractivity contribution is 5.47. The van der Waals surface area contributed by atoms with E-state index in [1.807, 2.05) is 25.1 Å². The van der Waals surface area contributed by atoms with Gasteiger partial charge in [-0.15, -0.1) is 6.58 Å². The molecule has 4 nitrogen and oxygen atoms in total. The molecule has 1 aromatic rings. The zero-order chi connectivity index (χ0) is 13.4. The van der Waals surface area contributed by atoms with E-state index in [4.69, 9.17) is 15.2 Å². The van der Waals surface area contributed by atoms with Crippen LogP contribution in [0, 0.1) is 0 Å². The zero-order valence-electron chi connectivity index (χ0n) is 10.8. The van der Waals surface area contributed by atoms with Crippen LogP contribution < -0.4 is 15.2 Å². The monoisotopic (exact) mass is 251 g/mol. The van der Waals surface area contributed by atoms with Crippen LogP contribution in [-0.2, 0) is 6.42 Å². The summed E-state index contributed by atoms with van der Waals surface area (Å²) in [6.07, 6.45) is 1.82. The van der Waals surface area contributed by atoms with Gasteiger partial charge in [-0.1, -0.05) is 18.2 Å². The zero-order valence-corrected chi connectivity index (χ0v) is 10.8. The quantitative estimate of drug-likeness (QED) is 0.687. The summed E-state index contributed by atoms with van der Waals surface area (Å²) < 4.78 is 11.1. The molecule has 0 saturated heterocycles. The molecule has 1 aromatic carbocycles. The van der Waals surface area contributed by atoms with Crippen LogP contribution in [0.1, 0.15) is 12.5 Å². The van der Waals surface area contributed by atoms with Crippen LogP contribution in [0.3, 0.4) is 0 Å². The summed E-state index contributed by atoms with van der Waals surface area (Å²) in [5.74, 6) is 1.34. The molecule has 100 valence electrons. The van der Waals surface area contributed by atoms with Crippen LogP contribution in [0.2, 0.25) is 0 Å². The Labute approximate surface area is 108 Å². The van der Waals surface area contributed by atoms with Gasteiger partial charge in [-0.2, -0.15) is 0 Å². The van der Waals surface area contributed by atoms with E-state index in [0.717, 1.165) is 5.56 Å². The van der Waals surface area contributed by atoms with Gasteiger partial charge in [0.05, 0.1) is 6.61 Å². The molecule has 1 rings (SSSR count). The van der Waals surface area contributed by atoms with Gasteiger partial charge in [-0.25, -0.2) is 0 Å². The number of nitrogens with two attached hydrogens (primary N) is 1. The van der Waals surface area contributed by atoms with Gasteiger partial charge in [0.25, 0.3) is 0 Å². The standard InChI is InChI=1S/C14H21NO3/c1-3-6-11-7-5-8-13(17-4-2)14(11)18-10-12(16)9-15/h3,5,7-8,12,16H,1,4,6,9-10,15H2,2H3. The van der Waals surface area contributed by atoms with Crippen LogP contribution in [-0.4, -0.2) is 31.0 Å². The Hall–Kier alpha value is -1.52. The SMILES string of the molecule is C=CCc1cccc(OCC)c1OCC(O)CN. The van der Waals surface area contributed by atoms with Crippen molar-refractivity contribution in [1.29, 1.82) is 0 Å². The lowest BCUT2D eigenvalue weighted by atomic mass is 10.1.